The molecule has 0 saturated heterocycles. The molecular formula is Pb6. The minimum Gasteiger partial charge on any atom is 0 e. The van der Waals surface area contributed by atoms with Gasteiger partial charge in [0.05, 0.1) is 0 Å². The third-order valence-electron chi connectivity index (χ3n) is 0. The van der Waals surface area contributed by atoms with E-state index in [-0.39, 0.29) is 164 Å². The molecule has 0 aliphatic carbocycles. The molecule has 0 nitrogen and oxygen atoms in total. The van der Waals surface area contributed by atoms with Gasteiger partial charge in [0.1, 0.15) is 0 Å². The summed E-state index contributed by atoms with van der Waals surface area (Å²) in [5.74, 6) is 0. The summed E-state index contributed by atoms with van der Waals surface area (Å²) >= 11 is 0. The van der Waals surface area contributed by atoms with Crippen molar-refractivity contribution in [3.63, 3.8) is 0 Å². The molecular weight excluding hydrogens is 1240 g/mol. The van der Waals surface area contributed by atoms with Gasteiger partial charge in [-0.05, 0) is 0 Å². The van der Waals surface area contributed by atoms with Gasteiger partial charge >= 0.3 is 0 Å². The van der Waals surface area contributed by atoms with Crippen molar-refractivity contribution in [2.75, 3.05) is 0 Å². The molecule has 0 unspecified atom stereocenters. The predicted molar refractivity (Wildman–Crippen MR) is 34.5 cm³/mol. The van der Waals surface area contributed by atoms with Gasteiger partial charge in [-0.1, -0.05) is 0 Å². The van der Waals surface area contributed by atoms with E-state index in [1.807, 2.05) is 0 Å². The average molecular weight is 1240 g/mol. The van der Waals surface area contributed by atoms with E-state index in [0.717, 1.165) is 0 Å². The SMILES string of the molecule is [Pb].[Pb].[Pb].[Pb].[Pb].[Pb]. The minimum atomic E-state index is 0. The maximum atomic E-state index is 0. The third kappa shape index (κ3) is 22.7. The first-order valence-electron chi connectivity index (χ1n) is 0. The Bertz CT molecular complexity index is 0. The summed E-state index contributed by atoms with van der Waals surface area (Å²) in [5.41, 5.74) is 0. The van der Waals surface area contributed by atoms with Gasteiger partial charge in [0.2, 0.25) is 0 Å². The summed E-state index contributed by atoms with van der Waals surface area (Å²) in [5, 5.41) is 0. The van der Waals surface area contributed by atoms with Crippen molar-refractivity contribution in [1.82, 2.24) is 0 Å². The molecule has 0 atom stereocenters. The molecule has 0 heterocycles. The van der Waals surface area contributed by atoms with Crippen molar-refractivity contribution in [2.45, 2.75) is 0 Å². The summed E-state index contributed by atoms with van der Waals surface area (Å²) in [7, 11) is 0. The molecule has 0 aromatic heterocycles. The Morgan fingerprint density at radius 3 is 0.167 bits per heavy atom. The fraction of sp³-hybridized carbons (Fsp3) is 0. The summed E-state index contributed by atoms with van der Waals surface area (Å²) in [4.78, 5) is 0. The zero-order chi connectivity index (χ0) is 0. The summed E-state index contributed by atoms with van der Waals surface area (Å²) in [6.07, 6.45) is 0. The Hall–Kier alpha value is 5.53. The Balaban J connectivity index is 0. The normalized spacial score (nSPS) is 0. The van der Waals surface area contributed by atoms with Gasteiger partial charge < -0.3 is 0 Å². The second-order valence-electron chi connectivity index (χ2n) is 0. The van der Waals surface area contributed by atoms with Gasteiger partial charge in [-0.25, -0.2) is 0 Å². The molecule has 6 heteroatoms. The van der Waals surface area contributed by atoms with Gasteiger partial charge in [-0.15, -0.1) is 0 Å². The van der Waals surface area contributed by atoms with Gasteiger partial charge in [0, 0.05) is 164 Å². The van der Waals surface area contributed by atoms with Crippen LogP contribution in [-0.4, -0.2) is 164 Å². The van der Waals surface area contributed by atoms with Gasteiger partial charge in [-0.2, -0.15) is 0 Å². The van der Waals surface area contributed by atoms with Crippen molar-refractivity contribution in [3.8, 4) is 0 Å². The van der Waals surface area contributed by atoms with E-state index < -0.39 is 0 Å². The quantitative estimate of drug-likeness (QED) is 0.241. The molecule has 0 bridgehead atoms. The van der Waals surface area contributed by atoms with Crippen LogP contribution < -0.4 is 0 Å². The summed E-state index contributed by atoms with van der Waals surface area (Å²) < 4.78 is 0. The molecule has 0 aliphatic rings. The maximum Gasteiger partial charge on any atom is 0 e. The molecule has 0 spiro atoms. The predicted octanol–water partition coefficient (Wildman–Crippen LogP) is -2.28. The van der Waals surface area contributed by atoms with Crippen molar-refractivity contribution in [2.24, 2.45) is 0 Å². The molecule has 0 fully saturated rings. The Morgan fingerprint density at radius 2 is 0.167 bits per heavy atom. The van der Waals surface area contributed by atoms with Crippen LogP contribution in [-0.2, 0) is 0 Å². The van der Waals surface area contributed by atoms with Crippen LogP contribution in [0.25, 0.3) is 0 Å². The molecule has 24 valence electrons. The molecule has 0 amide bonds. The first-order valence-corrected chi connectivity index (χ1v) is 0. The van der Waals surface area contributed by atoms with E-state index in [9.17, 15) is 0 Å². The second kappa shape index (κ2) is 31.3. The number of rotatable bonds is 0. The first-order chi connectivity index (χ1) is 0. The largest absolute Gasteiger partial charge is 0 e. The standard InChI is InChI=1S/6Pb. The fourth-order valence-electron chi connectivity index (χ4n) is 0. The van der Waals surface area contributed by atoms with Gasteiger partial charge in [0.15, 0.2) is 0 Å². The molecule has 0 saturated carbocycles. The molecule has 0 N–H and O–H groups in total. The van der Waals surface area contributed by atoms with E-state index in [2.05, 4.69) is 0 Å². The zero-order valence-electron chi connectivity index (χ0n) is 3.00. The number of hydrogen-bond acceptors (Lipinski definition) is 0. The summed E-state index contributed by atoms with van der Waals surface area (Å²) in [6, 6.07) is 0. The van der Waals surface area contributed by atoms with Crippen molar-refractivity contribution in [1.29, 1.82) is 0 Å². The average Bonchev–Trinajstić information content (AvgIpc) is 0. The number of hydrogen-bond donors (Lipinski definition) is 0. The smallest absolute Gasteiger partial charge is 0 e. The maximum absolute atomic E-state index is 0. The van der Waals surface area contributed by atoms with E-state index in [1.54, 1.807) is 0 Å². The molecule has 0 rings (SSSR count). The van der Waals surface area contributed by atoms with Crippen molar-refractivity contribution >= 4 is 164 Å². The van der Waals surface area contributed by atoms with Crippen molar-refractivity contribution in [3.05, 3.63) is 0 Å². The second-order valence-corrected chi connectivity index (χ2v) is 0. The van der Waals surface area contributed by atoms with Crippen LogP contribution in [0.4, 0.5) is 0 Å². The van der Waals surface area contributed by atoms with Crippen molar-refractivity contribution < 1.29 is 0 Å². The summed E-state index contributed by atoms with van der Waals surface area (Å²) in [6.45, 7) is 0. The molecule has 0 aromatic carbocycles. The fourth-order valence-corrected chi connectivity index (χ4v) is 0. The van der Waals surface area contributed by atoms with E-state index >= 15 is 0 Å². The van der Waals surface area contributed by atoms with Crippen LogP contribution >= 0.6 is 0 Å². The molecule has 6 heavy (non-hydrogen) atoms. The molecule has 24 radical (unpaired) electrons. The monoisotopic (exact) mass is 1250 g/mol. The van der Waals surface area contributed by atoms with E-state index in [4.69, 9.17) is 0 Å². The van der Waals surface area contributed by atoms with Crippen LogP contribution in [0.5, 0.6) is 0 Å². The molecule has 0 aliphatic heterocycles. The Labute approximate surface area is 159 Å². The van der Waals surface area contributed by atoms with E-state index in [1.165, 1.54) is 0 Å². The van der Waals surface area contributed by atoms with Crippen LogP contribution in [0.3, 0.4) is 0 Å². The Kier molecular flexibility index (Phi) is 218. The third-order valence-corrected chi connectivity index (χ3v) is 0. The first kappa shape index (κ1) is 41.8. The zero-order valence-corrected chi connectivity index (χ0v) is 26.3. The molecule has 0 aromatic rings. The van der Waals surface area contributed by atoms with Crippen LogP contribution in [0.1, 0.15) is 0 Å². The van der Waals surface area contributed by atoms with Crippen LogP contribution in [0.2, 0.25) is 0 Å². The topological polar surface area (TPSA) is 0 Å². The van der Waals surface area contributed by atoms with Gasteiger partial charge in [-0.3, -0.25) is 0 Å². The van der Waals surface area contributed by atoms with E-state index in [0.29, 0.717) is 0 Å². The van der Waals surface area contributed by atoms with Crippen LogP contribution in [0, 0.1) is 0 Å². The van der Waals surface area contributed by atoms with Crippen LogP contribution in [0.15, 0.2) is 0 Å². The Morgan fingerprint density at radius 1 is 0.167 bits per heavy atom. The minimum absolute atomic E-state index is 0. The van der Waals surface area contributed by atoms with Gasteiger partial charge in [0.25, 0.3) is 0 Å².